The van der Waals surface area contributed by atoms with Gasteiger partial charge in [-0.1, -0.05) is 55.4 Å². The Labute approximate surface area is 388 Å². The first-order valence-corrected chi connectivity index (χ1v) is 20.9. The van der Waals surface area contributed by atoms with E-state index in [1.807, 2.05) is 38.1 Å². The number of pyridine rings is 2. The molecule has 16 nitrogen and oxygen atoms in total. The maximum atomic E-state index is 12.5. The lowest BCUT2D eigenvalue weighted by atomic mass is 10.0. The molecule has 16 heteroatoms. The average molecular weight is 900 g/mol. The van der Waals surface area contributed by atoms with Crippen LogP contribution in [0.2, 0.25) is 0 Å². The van der Waals surface area contributed by atoms with E-state index in [0.29, 0.717) is 58.4 Å². The van der Waals surface area contributed by atoms with Gasteiger partial charge in [-0.2, -0.15) is 0 Å². The van der Waals surface area contributed by atoms with Crippen molar-refractivity contribution in [2.24, 2.45) is 5.73 Å². The molecular formula is C51H49N9O7. The third-order valence-electron chi connectivity index (χ3n) is 10.7. The molecule has 6 heterocycles. The molecular weight excluding hydrogens is 851 g/mol. The minimum Gasteiger partial charge on any atom is -0.461 e. The highest BCUT2D eigenvalue weighted by Gasteiger charge is 2.43. The lowest BCUT2D eigenvalue weighted by Gasteiger charge is -2.13. The molecule has 2 saturated heterocycles. The number of nitrogens with zero attached hydrogens (tertiary/aromatic N) is 8. The number of aryl methyl sites for hydroxylation is 2. The summed E-state index contributed by atoms with van der Waals surface area (Å²) in [5.74, 6) is 9.77. The number of likely N-dealkylation sites (tertiary alicyclic amines) is 2. The van der Waals surface area contributed by atoms with Crippen LogP contribution in [0.5, 0.6) is 0 Å². The molecule has 2 aliphatic rings. The fourth-order valence-corrected chi connectivity index (χ4v) is 6.89. The van der Waals surface area contributed by atoms with Crippen molar-refractivity contribution in [2.75, 3.05) is 33.8 Å². The van der Waals surface area contributed by atoms with E-state index >= 15 is 0 Å². The Kier molecular flexibility index (Phi) is 14.7. The molecule has 0 saturated carbocycles. The second-order valence-corrected chi connectivity index (χ2v) is 15.7. The molecule has 2 fully saturated rings. The summed E-state index contributed by atoms with van der Waals surface area (Å²) in [6.07, 6.45) is 3.87. The van der Waals surface area contributed by atoms with Crippen molar-refractivity contribution in [2.45, 2.75) is 52.2 Å². The van der Waals surface area contributed by atoms with E-state index in [1.165, 1.54) is 15.9 Å². The molecule has 67 heavy (non-hydrogen) atoms. The van der Waals surface area contributed by atoms with Gasteiger partial charge in [-0.05, 0) is 81.4 Å². The van der Waals surface area contributed by atoms with E-state index < -0.39 is 34.9 Å². The summed E-state index contributed by atoms with van der Waals surface area (Å²) in [5, 5.41) is 21.1. The zero-order valence-corrected chi connectivity index (χ0v) is 36.9. The van der Waals surface area contributed by atoms with Crippen molar-refractivity contribution in [1.82, 2.24) is 39.7 Å². The van der Waals surface area contributed by atoms with Gasteiger partial charge in [-0.3, -0.25) is 24.4 Å². The average Bonchev–Trinajstić information content (AvgIpc) is 3.74. The fourth-order valence-electron chi connectivity index (χ4n) is 6.89. The number of aromatic nitrogens is 6. The van der Waals surface area contributed by atoms with Gasteiger partial charge in [0.2, 0.25) is 11.2 Å². The lowest BCUT2D eigenvalue weighted by molar-refractivity contribution is -0.138. The van der Waals surface area contributed by atoms with Gasteiger partial charge in [0.05, 0.1) is 18.0 Å². The number of benzene rings is 2. The molecule has 0 aliphatic carbocycles. The quantitative estimate of drug-likeness (QED) is 0.144. The van der Waals surface area contributed by atoms with Crippen LogP contribution < -0.4 is 5.73 Å². The van der Waals surface area contributed by atoms with E-state index in [-0.39, 0.29) is 38.3 Å². The predicted molar refractivity (Wildman–Crippen MR) is 250 cm³/mol. The van der Waals surface area contributed by atoms with Gasteiger partial charge >= 0.3 is 5.97 Å². The highest BCUT2D eigenvalue weighted by Crippen LogP contribution is 2.27. The highest BCUT2D eigenvalue weighted by molar-refractivity contribution is 5.93. The number of rotatable bonds is 7. The topological polar surface area (TPSA) is 228 Å². The van der Waals surface area contributed by atoms with Gasteiger partial charge in [0.25, 0.3) is 17.7 Å². The van der Waals surface area contributed by atoms with Gasteiger partial charge in [-0.15, -0.1) is 0 Å². The Hall–Kier alpha value is -8.18. The van der Waals surface area contributed by atoms with Gasteiger partial charge < -0.3 is 30.5 Å². The first-order chi connectivity index (χ1) is 31.5. The summed E-state index contributed by atoms with van der Waals surface area (Å²) in [4.78, 5) is 78.1. The third-order valence-corrected chi connectivity index (χ3v) is 10.7. The van der Waals surface area contributed by atoms with Crippen LogP contribution in [0.25, 0.3) is 45.3 Å². The molecule has 8 rings (SSSR count). The minimum absolute atomic E-state index is 0. The molecule has 2 aromatic carbocycles. The fraction of sp³-hybridized carbons (Fsp3) is 0.255. The summed E-state index contributed by atoms with van der Waals surface area (Å²) in [7, 11) is 3.27. The summed E-state index contributed by atoms with van der Waals surface area (Å²) in [6.45, 7) is 6.63. The number of hydrogen-bond donors (Lipinski definition) is 3. The van der Waals surface area contributed by atoms with Crippen molar-refractivity contribution in [1.29, 1.82) is 0 Å². The van der Waals surface area contributed by atoms with Gasteiger partial charge in [0, 0.05) is 97.2 Å². The van der Waals surface area contributed by atoms with Crippen molar-refractivity contribution in [3.05, 3.63) is 131 Å². The first kappa shape index (κ1) is 48.3. The van der Waals surface area contributed by atoms with Crippen molar-refractivity contribution >= 4 is 23.7 Å². The number of likely N-dealkylation sites (N-methyl/N-ethyl adjacent to an activating group) is 2. The Morgan fingerprint density at radius 2 is 1.12 bits per heavy atom. The van der Waals surface area contributed by atoms with Crippen LogP contribution in [0.1, 0.15) is 70.7 Å². The van der Waals surface area contributed by atoms with Crippen LogP contribution in [-0.4, -0.2) is 119 Å². The van der Waals surface area contributed by atoms with Crippen LogP contribution in [-0.2, 0) is 14.3 Å². The molecule has 2 aliphatic heterocycles. The molecule has 0 unspecified atom stereocenters. The Morgan fingerprint density at radius 3 is 1.51 bits per heavy atom. The molecule has 4 aromatic heterocycles. The summed E-state index contributed by atoms with van der Waals surface area (Å²) < 4.78 is 5.15. The number of carbonyl (C=O) groups is 4. The lowest BCUT2D eigenvalue weighted by Crippen LogP contribution is -2.37. The summed E-state index contributed by atoms with van der Waals surface area (Å²) >= 11 is 0. The Morgan fingerprint density at radius 1 is 0.672 bits per heavy atom. The predicted octanol–water partition coefficient (Wildman–Crippen LogP) is 4.83. The van der Waals surface area contributed by atoms with Crippen LogP contribution in [0.3, 0.4) is 0 Å². The minimum atomic E-state index is -1.68. The SMILES string of the molecule is C.CCOC(=O)c1cc(-c2ccc(C)nc2)nc(-c2cccc(C#C[C@]3(O)CCN(C)C3=O)c2)n1.Cc1ccc(-c2cc(C(N)=O)nc(-c3cccc(C#C[C@]4(O)CCN(C)C4=O)c3)n2)cn1. The molecule has 6 aromatic rings. The number of esters is 1. The largest absolute Gasteiger partial charge is 0.461 e. The highest BCUT2D eigenvalue weighted by atomic mass is 16.5. The van der Waals surface area contributed by atoms with Crippen molar-refractivity contribution in [3.8, 4) is 69.0 Å². The van der Waals surface area contributed by atoms with Crippen molar-refractivity contribution < 1.29 is 34.1 Å². The molecule has 4 N–H and O–H groups in total. The Balaban J connectivity index is 0.000000218. The van der Waals surface area contributed by atoms with E-state index in [2.05, 4.69) is 53.6 Å². The molecule has 340 valence electrons. The smallest absolute Gasteiger partial charge is 0.357 e. The second-order valence-electron chi connectivity index (χ2n) is 15.7. The standard InChI is InChI=1S/C26H24N4O4.C24H21N5O3.CH4/c1-4-34-24(31)22-15-21(20-9-8-17(2)27-16-20)28-23(29-22)19-7-5-6-18(14-19)10-11-26(33)12-13-30(3)25(26)32;1-15-6-7-18(14-26-15)19-13-20(21(25)30)28-22(27-19)17-5-3-4-16(12-17)8-9-24(32)10-11-29(2)23(24)31;/h5-9,14-16,33H,4,12-13H2,1-3H3;3-7,12-14,32H,10-11H2,1-2H3,(H2,25,30);1H4/t26-;24-;/m00./s1. The zero-order valence-electron chi connectivity index (χ0n) is 36.9. The number of nitrogens with two attached hydrogens (primary N) is 1. The van der Waals surface area contributed by atoms with Crippen molar-refractivity contribution in [3.63, 3.8) is 0 Å². The van der Waals surface area contributed by atoms with Crippen LogP contribution >= 0.6 is 0 Å². The first-order valence-electron chi connectivity index (χ1n) is 20.9. The number of amides is 3. The molecule has 3 amide bonds. The number of ether oxygens (including phenoxy) is 1. The maximum Gasteiger partial charge on any atom is 0.357 e. The Bertz CT molecular complexity index is 2990. The number of primary amides is 1. The second kappa shape index (κ2) is 20.3. The summed E-state index contributed by atoms with van der Waals surface area (Å²) in [5.41, 5.74) is 8.96. The summed E-state index contributed by atoms with van der Waals surface area (Å²) in [6, 6.07) is 24.7. The molecule has 0 radical (unpaired) electrons. The molecule has 0 spiro atoms. The van der Waals surface area contributed by atoms with Gasteiger partial charge in [0.15, 0.2) is 17.3 Å². The molecule has 2 atom stereocenters. The normalized spacial score (nSPS) is 17.2. The van der Waals surface area contributed by atoms with E-state index in [9.17, 15) is 29.4 Å². The van der Waals surface area contributed by atoms with Crippen LogP contribution in [0, 0.1) is 37.5 Å². The van der Waals surface area contributed by atoms with Crippen LogP contribution in [0.4, 0.5) is 0 Å². The van der Waals surface area contributed by atoms with E-state index in [0.717, 1.165) is 22.5 Å². The van der Waals surface area contributed by atoms with Gasteiger partial charge in [-0.25, -0.2) is 24.7 Å². The number of aliphatic hydroxyl groups is 2. The monoisotopic (exact) mass is 899 g/mol. The van der Waals surface area contributed by atoms with Gasteiger partial charge in [0.1, 0.15) is 5.69 Å². The number of carbonyl (C=O) groups excluding carboxylic acids is 4. The molecule has 0 bridgehead atoms. The third kappa shape index (κ3) is 11.2. The maximum absolute atomic E-state index is 12.5. The zero-order chi connectivity index (χ0) is 47.2. The van der Waals surface area contributed by atoms with E-state index in [4.69, 9.17) is 10.5 Å². The van der Waals surface area contributed by atoms with E-state index in [1.54, 1.807) is 88.0 Å². The number of hydrogen-bond acceptors (Lipinski definition) is 13. The van der Waals surface area contributed by atoms with Crippen LogP contribution in [0.15, 0.2) is 97.3 Å².